The quantitative estimate of drug-likeness (QED) is 0.881. The van der Waals surface area contributed by atoms with Gasteiger partial charge in [0.2, 0.25) is 5.91 Å². The molecule has 0 bridgehead atoms. The predicted molar refractivity (Wildman–Crippen MR) is 88.3 cm³/mol. The van der Waals surface area contributed by atoms with E-state index in [4.69, 9.17) is 16.0 Å². The first kappa shape index (κ1) is 16.1. The Morgan fingerprint density at radius 2 is 2.17 bits per heavy atom. The molecule has 1 aromatic heterocycles. The summed E-state index contributed by atoms with van der Waals surface area (Å²) in [5.74, 6) is 0.362. The van der Waals surface area contributed by atoms with Crippen LogP contribution in [-0.2, 0) is 15.8 Å². The summed E-state index contributed by atoms with van der Waals surface area (Å²) >= 11 is 6.07. The average molecular weight is 334 g/mol. The number of benzene rings is 1. The molecule has 122 valence electrons. The maximum Gasteiger partial charge on any atom is 0.230 e. The largest absolute Gasteiger partial charge is 0.466 e. The average Bonchev–Trinajstić information content (AvgIpc) is 2.99. The monoisotopic (exact) mass is 333 g/mol. The summed E-state index contributed by atoms with van der Waals surface area (Å²) in [6.07, 6.45) is 4.10. The Hall–Kier alpha value is -1.78. The molecule has 1 aromatic carbocycles. The number of furan rings is 1. The van der Waals surface area contributed by atoms with Crippen molar-refractivity contribution in [1.82, 2.24) is 5.32 Å². The van der Waals surface area contributed by atoms with Gasteiger partial charge in [-0.2, -0.15) is 0 Å². The van der Waals surface area contributed by atoms with Crippen molar-refractivity contribution >= 4 is 17.5 Å². The lowest BCUT2D eigenvalue weighted by Crippen LogP contribution is -2.52. The highest BCUT2D eigenvalue weighted by Gasteiger charge is 2.46. The van der Waals surface area contributed by atoms with Crippen LogP contribution in [0.5, 0.6) is 0 Å². The van der Waals surface area contributed by atoms with Crippen molar-refractivity contribution in [2.24, 2.45) is 0 Å². The molecule has 4 nitrogen and oxygen atoms in total. The van der Waals surface area contributed by atoms with E-state index in [1.807, 2.05) is 18.2 Å². The second kappa shape index (κ2) is 6.02. The van der Waals surface area contributed by atoms with E-state index in [0.717, 1.165) is 24.8 Å². The summed E-state index contributed by atoms with van der Waals surface area (Å²) in [5.41, 5.74) is -0.839. The lowest BCUT2D eigenvalue weighted by molar-refractivity contribution is -0.131. The zero-order valence-corrected chi connectivity index (χ0v) is 13.8. The van der Waals surface area contributed by atoms with E-state index in [1.165, 1.54) is 6.26 Å². The second-order valence-electron chi connectivity index (χ2n) is 6.38. The SMILES string of the molecule is CC(O)(CNC(=O)C1(c2cccc(Cl)c2)CCC1)c1ccco1. The molecule has 2 aromatic rings. The molecule has 1 atom stereocenters. The minimum Gasteiger partial charge on any atom is -0.466 e. The number of nitrogens with one attached hydrogen (secondary N) is 1. The van der Waals surface area contributed by atoms with Gasteiger partial charge in [-0.25, -0.2) is 0 Å². The fourth-order valence-electron chi connectivity index (χ4n) is 3.06. The van der Waals surface area contributed by atoms with Crippen molar-refractivity contribution in [3.05, 3.63) is 59.0 Å². The predicted octanol–water partition coefficient (Wildman–Crippen LogP) is 3.38. The highest BCUT2D eigenvalue weighted by Crippen LogP contribution is 2.44. The minimum atomic E-state index is -1.24. The molecule has 3 rings (SSSR count). The van der Waals surface area contributed by atoms with Crippen LogP contribution in [-0.4, -0.2) is 17.6 Å². The summed E-state index contributed by atoms with van der Waals surface area (Å²) in [6.45, 7) is 1.72. The van der Waals surface area contributed by atoms with Crippen LogP contribution in [0.4, 0.5) is 0 Å². The van der Waals surface area contributed by atoms with Crippen molar-refractivity contribution < 1.29 is 14.3 Å². The highest BCUT2D eigenvalue weighted by atomic mass is 35.5. The highest BCUT2D eigenvalue weighted by molar-refractivity contribution is 6.30. The molecule has 1 saturated carbocycles. The third-order valence-corrected chi connectivity index (χ3v) is 4.90. The van der Waals surface area contributed by atoms with Gasteiger partial charge in [-0.3, -0.25) is 4.79 Å². The van der Waals surface area contributed by atoms with Crippen LogP contribution in [0.3, 0.4) is 0 Å². The topological polar surface area (TPSA) is 62.5 Å². The van der Waals surface area contributed by atoms with Crippen LogP contribution in [0.15, 0.2) is 47.1 Å². The van der Waals surface area contributed by atoms with Crippen LogP contribution in [0.25, 0.3) is 0 Å². The molecule has 0 radical (unpaired) electrons. The Bertz CT molecular complexity index is 690. The van der Waals surface area contributed by atoms with E-state index in [9.17, 15) is 9.90 Å². The molecule has 1 unspecified atom stereocenters. The second-order valence-corrected chi connectivity index (χ2v) is 6.82. The first-order valence-corrected chi connectivity index (χ1v) is 8.13. The number of hydrogen-bond acceptors (Lipinski definition) is 3. The van der Waals surface area contributed by atoms with Crippen LogP contribution in [0.1, 0.15) is 37.5 Å². The van der Waals surface area contributed by atoms with Crippen molar-refractivity contribution in [2.45, 2.75) is 37.2 Å². The molecule has 1 aliphatic carbocycles. The number of amides is 1. The van der Waals surface area contributed by atoms with E-state index in [0.29, 0.717) is 10.8 Å². The Morgan fingerprint density at radius 3 is 2.74 bits per heavy atom. The number of carbonyl (C=O) groups excluding carboxylic acids is 1. The molecule has 0 aliphatic heterocycles. The lowest BCUT2D eigenvalue weighted by Gasteiger charge is -2.41. The minimum absolute atomic E-state index is 0.0714. The van der Waals surface area contributed by atoms with Gasteiger partial charge in [-0.15, -0.1) is 0 Å². The standard InChI is InChI=1S/C18H20ClNO3/c1-17(22,15-7-3-10-23-15)12-20-16(21)18(8-4-9-18)13-5-2-6-14(19)11-13/h2-3,5-7,10-11,22H,4,8-9,12H2,1H3,(H,20,21). The Morgan fingerprint density at radius 1 is 1.39 bits per heavy atom. The van der Waals surface area contributed by atoms with Crippen molar-refractivity contribution in [1.29, 1.82) is 0 Å². The number of aliphatic hydroxyl groups is 1. The number of carbonyl (C=O) groups is 1. The smallest absolute Gasteiger partial charge is 0.230 e. The van der Waals surface area contributed by atoms with Crippen LogP contribution in [0, 0.1) is 0 Å². The third-order valence-electron chi connectivity index (χ3n) is 4.66. The first-order valence-electron chi connectivity index (χ1n) is 7.75. The van der Waals surface area contributed by atoms with Crippen molar-refractivity contribution in [2.75, 3.05) is 6.54 Å². The Balaban J connectivity index is 1.74. The zero-order valence-electron chi connectivity index (χ0n) is 13.0. The molecule has 1 heterocycles. The molecule has 1 aliphatic rings. The number of halogens is 1. The molecule has 1 amide bonds. The van der Waals surface area contributed by atoms with Crippen LogP contribution in [0.2, 0.25) is 5.02 Å². The molecule has 1 fully saturated rings. The van der Waals surface area contributed by atoms with E-state index >= 15 is 0 Å². The van der Waals surface area contributed by atoms with Crippen LogP contribution >= 0.6 is 11.6 Å². The van der Waals surface area contributed by atoms with Gasteiger partial charge in [0, 0.05) is 5.02 Å². The summed E-state index contributed by atoms with van der Waals surface area (Å²) in [5, 5.41) is 14.0. The summed E-state index contributed by atoms with van der Waals surface area (Å²) < 4.78 is 5.24. The summed E-state index contributed by atoms with van der Waals surface area (Å²) in [4.78, 5) is 12.8. The maximum absolute atomic E-state index is 12.8. The van der Waals surface area contributed by atoms with Crippen molar-refractivity contribution in [3.63, 3.8) is 0 Å². The maximum atomic E-state index is 12.8. The first-order chi connectivity index (χ1) is 10.9. The lowest BCUT2D eigenvalue weighted by atomic mass is 9.63. The third kappa shape index (κ3) is 3.01. The number of rotatable bonds is 5. The van der Waals surface area contributed by atoms with Gasteiger partial charge in [-0.1, -0.05) is 30.2 Å². The Kier molecular flexibility index (Phi) is 4.21. The van der Waals surface area contributed by atoms with Gasteiger partial charge in [0.05, 0.1) is 18.2 Å². The van der Waals surface area contributed by atoms with Gasteiger partial charge < -0.3 is 14.8 Å². The van der Waals surface area contributed by atoms with E-state index in [-0.39, 0.29) is 12.5 Å². The summed E-state index contributed by atoms with van der Waals surface area (Å²) in [6, 6.07) is 10.9. The summed E-state index contributed by atoms with van der Waals surface area (Å²) in [7, 11) is 0. The van der Waals surface area contributed by atoms with Crippen molar-refractivity contribution in [3.8, 4) is 0 Å². The van der Waals surface area contributed by atoms with Gasteiger partial charge in [-0.05, 0) is 49.6 Å². The van der Waals surface area contributed by atoms with Gasteiger partial charge in [0.25, 0.3) is 0 Å². The normalized spacial score (nSPS) is 18.7. The molecule has 0 spiro atoms. The molecule has 23 heavy (non-hydrogen) atoms. The molecule has 5 heteroatoms. The van der Waals surface area contributed by atoms with Gasteiger partial charge >= 0.3 is 0 Å². The van der Waals surface area contributed by atoms with Gasteiger partial charge in [0.1, 0.15) is 11.4 Å². The number of hydrogen-bond donors (Lipinski definition) is 2. The zero-order chi connectivity index (χ0) is 16.5. The molecule has 0 saturated heterocycles. The van der Waals surface area contributed by atoms with Crippen LogP contribution < -0.4 is 5.32 Å². The molecule has 2 N–H and O–H groups in total. The Labute approximate surface area is 140 Å². The molecular formula is C18H20ClNO3. The van der Waals surface area contributed by atoms with Gasteiger partial charge in [0.15, 0.2) is 0 Å². The fourth-order valence-corrected chi connectivity index (χ4v) is 3.25. The van der Waals surface area contributed by atoms with E-state index in [1.54, 1.807) is 25.1 Å². The van der Waals surface area contributed by atoms with E-state index in [2.05, 4.69) is 5.32 Å². The van der Waals surface area contributed by atoms with E-state index < -0.39 is 11.0 Å². The molecular weight excluding hydrogens is 314 g/mol. The fraction of sp³-hybridized carbons (Fsp3) is 0.389.